The van der Waals surface area contributed by atoms with Crippen LogP contribution >= 0.6 is 11.6 Å². The van der Waals surface area contributed by atoms with E-state index in [9.17, 15) is 13.2 Å². The highest BCUT2D eigenvalue weighted by Crippen LogP contribution is 2.29. The highest BCUT2D eigenvalue weighted by Gasteiger charge is 2.26. The lowest BCUT2D eigenvalue weighted by Gasteiger charge is -2.13. The van der Waals surface area contributed by atoms with Gasteiger partial charge in [0.15, 0.2) is 0 Å². The fourth-order valence-electron chi connectivity index (χ4n) is 4.18. The fraction of sp³-hybridized carbons (Fsp3) is 0. The zero-order valence-electron chi connectivity index (χ0n) is 20.1. The molecule has 0 saturated heterocycles. The molecule has 0 atom stereocenters. The first-order valence-electron chi connectivity index (χ1n) is 11.7. The second-order valence-electron chi connectivity index (χ2n) is 8.58. The Morgan fingerprint density at radius 1 is 0.658 bits per heavy atom. The largest absolute Gasteiger partial charge is 0.305 e. The molecule has 0 aliphatic heterocycles. The van der Waals surface area contributed by atoms with Crippen molar-refractivity contribution in [1.82, 2.24) is 0 Å². The van der Waals surface area contributed by atoms with Crippen molar-refractivity contribution in [2.45, 2.75) is 4.90 Å². The molecular weight excluding hydrogens is 518 g/mol. The summed E-state index contributed by atoms with van der Waals surface area (Å²) in [5.41, 5.74) is 8.28. The molecule has 5 aromatic rings. The molecule has 0 fully saturated rings. The molecule has 1 aromatic heterocycles. The Kier molecular flexibility index (Phi) is 7.07. The fourth-order valence-corrected chi connectivity index (χ4v) is 5.26. The third-order valence-corrected chi connectivity index (χ3v) is 7.42. The van der Waals surface area contributed by atoms with Crippen molar-refractivity contribution < 1.29 is 17.9 Å². The van der Waals surface area contributed by atoms with E-state index >= 15 is 0 Å². The van der Waals surface area contributed by atoms with Crippen LogP contribution in [-0.2, 0) is 10.0 Å². The van der Waals surface area contributed by atoms with E-state index in [1.165, 1.54) is 18.2 Å². The molecule has 0 aliphatic rings. The number of aromatic nitrogens is 1. The molecule has 38 heavy (non-hydrogen) atoms. The molecule has 6 nitrogen and oxygen atoms in total. The minimum absolute atomic E-state index is 0.0566. The standard InChI is InChI=1S/C30H22ClN3O3S/c31-26-17-16-24(20-29(26)38(32,36)37)30(35)33-34-27(22-12-6-2-7-13-22)18-25(21-10-4-1-5-11-21)19-28(34)23-14-8-3-9-15-23/h1-20H,(H2-,32,33,35,36,37)/p+1. The summed E-state index contributed by atoms with van der Waals surface area (Å²) in [7, 11) is -4.12. The monoisotopic (exact) mass is 540 g/mol. The molecule has 3 N–H and O–H groups in total. The van der Waals surface area contributed by atoms with E-state index in [0.717, 1.165) is 33.6 Å². The lowest BCUT2D eigenvalue weighted by molar-refractivity contribution is -0.618. The lowest BCUT2D eigenvalue weighted by Crippen LogP contribution is -2.51. The summed E-state index contributed by atoms with van der Waals surface area (Å²) >= 11 is 6.04. The topological polar surface area (TPSA) is 93.1 Å². The van der Waals surface area contributed by atoms with Crippen LogP contribution < -0.4 is 15.2 Å². The number of nitrogens with two attached hydrogens (primary N) is 1. The molecule has 0 spiro atoms. The number of primary sulfonamides is 1. The van der Waals surface area contributed by atoms with E-state index in [1.54, 1.807) is 4.68 Å². The predicted molar refractivity (Wildman–Crippen MR) is 149 cm³/mol. The summed E-state index contributed by atoms with van der Waals surface area (Å²) in [6.45, 7) is 0. The number of sulfonamides is 1. The summed E-state index contributed by atoms with van der Waals surface area (Å²) in [6, 6.07) is 37.4. The van der Waals surface area contributed by atoms with Gasteiger partial charge in [0.05, 0.1) is 5.02 Å². The van der Waals surface area contributed by atoms with Gasteiger partial charge in [0, 0.05) is 28.8 Å². The molecule has 8 heteroatoms. The van der Waals surface area contributed by atoms with Crippen LogP contribution in [0.4, 0.5) is 0 Å². The molecule has 4 aromatic carbocycles. The van der Waals surface area contributed by atoms with Crippen LogP contribution in [0.15, 0.2) is 126 Å². The van der Waals surface area contributed by atoms with Crippen molar-refractivity contribution in [3.05, 3.63) is 132 Å². The zero-order chi connectivity index (χ0) is 26.7. The van der Waals surface area contributed by atoms with Gasteiger partial charge in [-0.2, -0.15) is 0 Å². The van der Waals surface area contributed by atoms with Gasteiger partial charge in [-0.05, 0) is 53.6 Å². The van der Waals surface area contributed by atoms with E-state index in [0.29, 0.717) is 0 Å². The summed E-state index contributed by atoms with van der Waals surface area (Å²) in [6.07, 6.45) is 0. The number of hydrogen-bond donors (Lipinski definition) is 2. The Morgan fingerprint density at radius 3 is 1.61 bits per heavy atom. The number of pyridine rings is 1. The van der Waals surface area contributed by atoms with Gasteiger partial charge in [-0.1, -0.05) is 83.0 Å². The van der Waals surface area contributed by atoms with Crippen LogP contribution in [0, 0.1) is 0 Å². The van der Waals surface area contributed by atoms with E-state index in [2.05, 4.69) is 5.43 Å². The van der Waals surface area contributed by atoms with E-state index in [-0.39, 0.29) is 15.5 Å². The highest BCUT2D eigenvalue weighted by atomic mass is 35.5. The molecule has 1 amide bonds. The summed E-state index contributed by atoms with van der Waals surface area (Å²) in [4.78, 5) is 13.2. The van der Waals surface area contributed by atoms with Crippen LogP contribution in [-0.4, -0.2) is 14.3 Å². The number of rotatable bonds is 6. The number of hydrogen-bond acceptors (Lipinski definition) is 3. The maximum atomic E-state index is 13.5. The molecule has 0 saturated carbocycles. The van der Waals surface area contributed by atoms with E-state index < -0.39 is 15.9 Å². The molecule has 0 bridgehead atoms. The third-order valence-electron chi connectivity index (χ3n) is 6.03. The third kappa shape index (κ3) is 5.35. The second kappa shape index (κ2) is 10.6. The predicted octanol–water partition coefficient (Wildman–Crippen LogP) is 5.66. The van der Waals surface area contributed by atoms with Crippen molar-refractivity contribution >= 4 is 27.5 Å². The minimum Gasteiger partial charge on any atom is -0.264 e. The average molecular weight is 541 g/mol. The van der Waals surface area contributed by atoms with E-state index in [1.807, 2.05) is 103 Å². The molecule has 0 radical (unpaired) electrons. The van der Waals surface area contributed by atoms with E-state index in [4.69, 9.17) is 16.7 Å². The number of amides is 1. The van der Waals surface area contributed by atoms with Crippen LogP contribution in [0.2, 0.25) is 5.02 Å². The Hall–Kier alpha value is -4.30. The first-order chi connectivity index (χ1) is 18.3. The minimum atomic E-state index is -4.12. The van der Waals surface area contributed by atoms with Crippen LogP contribution in [0.1, 0.15) is 10.4 Å². The van der Waals surface area contributed by atoms with Gasteiger partial charge >= 0.3 is 5.91 Å². The van der Waals surface area contributed by atoms with Crippen LogP contribution in [0.3, 0.4) is 0 Å². The number of carbonyl (C=O) groups is 1. The summed E-state index contributed by atoms with van der Waals surface area (Å²) < 4.78 is 25.7. The van der Waals surface area contributed by atoms with Gasteiger partial charge in [0.2, 0.25) is 21.4 Å². The Balaban J connectivity index is 1.72. The second-order valence-corrected chi connectivity index (χ2v) is 10.5. The van der Waals surface area contributed by atoms with Gasteiger partial charge in [-0.15, -0.1) is 5.43 Å². The number of nitrogens with zero attached hydrogens (tertiary/aromatic N) is 1. The van der Waals surface area contributed by atoms with Gasteiger partial charge in [0.1, 0.15) is 4.90 Å². The molecule has 5 rings (SSSR count). The van der Waals surface area contributed by atoms with Crippen molar-refractivity contribution in [1.29, 1.82) is 0 Å². The molecule has 0 aliphatic carbocycles. The molecular formula is C30H23ClN3O3S+. The molecule has 1 heterocycles. The van der Waals surface area contributed by atoms with Crippen molar-refractivity contribution in [3.8, 4) is 33.6 Å². The van der Waals surface area contributed by atoms with Gasteiger partial charge in [-0.3, -0.25) is 4.79 Å². The quantitative estimate of drug-likeness (QED) is 0.272. The first kappa shape index (κ1) is 25.4. The highest BCUT2D eigenvalue weighted by molar-refractivity contribution is 7.89. The smallest absolute Gasteiger partial charge is 0.264 e. The number of nitrogens with one attached hydrogen (secondary N) is 1. The Morgan fingerprint density at radius 2 is 1.13 bits per heavy atom. The Bertz CT molecular complexity index is 1670. The van der Waals surface area contributed by atoms with Crippen molar-refractivity contribution in [3.63, 3.8) is 0 Å². The maximum Gasteiger partial charge on any atom is 0.305 e. The maximum absolute atomic E-state index is 13.5. The molecule has 0 unspecified atom stereocenters. The lowest BCUT2D eigenvalue weighted by atomic mass is 9.99. The SMILES string of the molecule is NS(=O)(=O)c1cc(C(=O)N[n+]2c(-c3ccccc3)cc(-c3ccccc3)cc2-c2ccccc2)ccc1Cl. The number of halogens is 1. The number of carbonyl (C=O) groups excluding carboxylic acids is 1. The van der Waals surface area contributed by atoms with Crippen molar-refractivity contribution in [2.75, 3.05) is 5.43 Å². The van der Waals surface area contributed by atoms with Gasteiger partial charge < -0.3 is 0 Å². The van der Waals surface area contributed by atoms with Crippen molar-refractivity contribution in [2.24, 2.45) is 5.14 Å². The first-order valence-corrected chi connectivity index (χ1v) is 13.6. The molecule has 188 valence electrons. The average Bonchev–Trinajstić information content (AvgIpc) is 2.94. The van der Waals surface area contributed by atoms with Gasteiger partial charge in [0.25, 0.3) is 0 Å². The van der Waals surface area contributed by atoms with Gasteiger partial charge in [-0.25, -0.2) is 13.6 Å². The Labute approximate surface area is 226 Å². The number of benzene rings is 4. The summed E-state index contributed by atoms with van der Waals surface area (Å²) in [5.74, 6) is -0.529. The zero-order valence-corrected chi connectivity index (χ0v) is 21.7. The van der Waals surface area contributed by atoms with Crippen LogP contribution in [0.5, 0.6) is 0 Å². The van der Waals surface area contributed by atoms with Crippen LogP contribution in [0.25, 0.3) is 33.6 Å². The normalized spacial score (nSPS) is 11.2. The summed E-state index contributed by atoms with van der Waals surface area (Å²) in [5, 5.41) is 5.25.